The molecule has 0 aliphatic heterocycles. The molecule has 1 aromatic carbocycles. The zero-order chi connectivity index (χ0) is 12.3. The lowest BCUT2D eigenvalue weighted by molar-refractivity contribution is 0.743. The molecule has 1 aromatic heterocycles. The van der Waals surface area contributed by atoms with E-state index in [0.29, 0.717) is 12.5 Å². The number of rotatable bonds is 4. The van der Waals surface area contributed by atoms with Crippen molar-refractivity contribution in [2.75, 3.05) is 6.54 Å². The molecule has 1 heterocycles. The standard InChI is InChI=1S/C13H18N4/c1-10(2)13-15-12(8-9-14)17(16-13)11-6-4-3-5-7-11/h3-7,10H,8-9,14H2,1-2H3. The van der Waals surface area contributed by atoms with Crippen molar-refractivity contribution in [3.05, 3.63) is 42.0 Å². The van der Waals surface area contributed by atoms with Crippen molar-refractivity contribution in [3.63, 3.8) is 0 Å². The Morgan fingerprint density at radius 2 is 1.94 bits per heavy atom. The van der Waals surface area contributed by atoms with Crippen LogP contribution < -0.4 is 5.73 Å². The molecular formula is C13H18N4. The molecule has 4 nitrogen and oxygen atoms in total. The molecule has 2 aromatic rings. The zero-order valence-corrected chi connectivity index (χ0v) is 10.3. The van der Waals surface area contributed by atoms with Gasteiger partial charge in [-0.2, -0.15) is 5.10 Å². The first-order valence-corrected chi connectivity index (χ1v) is 5.93. The first-order chi connectivity index (χ1) is 8.22. The number of nitrogens with two attached hydrogens (primary N) is 1. The normalized spacial score (nSPS) is 11.1. The molecule has 17 heavy (non-hydrogen) atoms. The van der Waals surface area contributed by atoms with Gasteiger partial charge in [0.25, 0.3) is 0 Å². The smallest absolute Gasteiger partial charge is 0.153 e. The van der Waals surface area contributed by atoms with Crippen LogP contribution in [-0.2, 0) is 6.42 Å². The van der Waals surface area contributed by atoms with E-state index < -0.39 is 0 Å². The number of para-hydroxylation sites is 1. The first kappa shape index (κ1) is 11.8. The van der Waals surface area contributed by atoms with Gasteiger partial charge in [-0.3, -0.25) is 0 Å². The van der Waals surface area contributed by atoms with Crippen molar-refractivity contribution in [2.24, 2.45) is 5.73 Å². The van der Waals surface area contributed by atoms with Crippen molar-refractivity contribution < 1.29 is 0 Å². The molecule has 0 fully saturated rings. The molecule has 0 bridgehead atoms. The maximum Gasteiger partial charge on any atom is 0.153 e. The van der Waals surface area contributed by atoms with Gasteiger partial charge in [-0.25, -0.2) is 9.67 Å². The van der Waals surface area contributed by atoms with Crippen molar-refractivity contribution in [3.8, 4) is 5.69 Å². The van der Waals surface area contributed by atoms with Crippen molar-refractivity contribution in [1.29, 1.82) is 0 Å². The van der Waals surface area contributed by atoms with Crippen LogP contribution in [0.2, 0.25) is 0 Å². The third-order valence-corrected chi connectivity index (χ3v) is 2.58. The summed E-state index contributed by atoms with van der Waals surface area (Å²) in [5.74, 6) is 2.14. The molecule has 2 rings (SSSR count). The highest BCUT2D eigenvalue weighted by molar-refractivity contribution is 5.31. The van der Waals surface area contributed by atoms with Gasteiger partial charge in [0.2, 0.25) is 0 Å². The molecule has 0 spiro atoms. The molecule has 4 heteroatoms. The average Bonchev–Trinajstić information content (AvgIpc) is 2.75. The summed E-state index contributed by atoms with van der Waals surface area (Å²) in [6.45, 7) is 4.77. The Bertz CT molecular complexity index is 473. The predicted octanol–water partition coefficient (Wildman–Crippen LogP) is 1.89. The van der Waals surface area contributed by atoms with E-state index in [1.165, 1.54) is 0 Å². The third-order valence-electron chi connectivity index (χ3n) is 2.58. The number of benzene rings is 1. The predicted molar refractivity (Wildman–Crippen MR) is 68.2 cm³/mol. The molecule has 0 saturated carbocycles. The fraction of sp³-hybridized carbons (Fsp3) is 0.385. The summed E-state index contributed by atoms with van der Waals surface area (Å²) in [7, 11) is 0. The average molecular weight is 230 g/mol. The van der Waals surface area contributed by atoms with Crippen LogP contribution >= 0.6 is 0 Å². The minimum absolute atomic E-state index is 0.330. The van der Waals surface area contributed by atoms with Crippen LogP contribution in [0.5, 0.6) is 0 Å². The zero-order valence-electron chi connectivity index (χ0n) is 10.3. The Morgan fingerprint density at radius 1 is 1.24 bits per heavy atom. The van der Waals surface area contributed by atoms with E-state index in [9.17, 15) is 0 Å². The highest BCUT2D eigenvalue weighted by atomic mass is 15.4. The second-order valence-corrected chi connectivity index (χ2v) is 4.33. The fourth-order valence-electron chi connectivity index (χ4n) is 1.67. The van der Waals surface area contributed by atoms with Gasteiger partial charge in [-0.05, 0) is 18.7 Å². The van der Waals surface area contributed by atoms with Crippen LogP contribution in [0.4, 0.5) is 0 Å². The molecule has 0 amide bonds. The number of hydrogen-bond donors (Lipinski definition) is 1. The lowest BCUT2D eigenvalue weighted by Gasteiger charge is -2.04. The Labute approximate surface area is 101 Å². The van der Waals surface area contributed by atoms with Crippen LogP contribution in [0.1, 0.15) is 31.4 Å². The van der Waals surface area contributed by atoms with Gasteiger partial charge < -0.3 is 5.73 Å². The Balaban J connectivity index is 2.44. The quantitative estimate of drug-likeness (QED) is 0.872. The summed E-state index contributed by atoms with van der Waals surface area (Å²) >= 11 is 0. The van der Waals surface area contributed by atoms with E-state index in [-0.39, 0.29) is 0 Å². The maximum atomic E-state index is 5.61. The number of aromatic nitrogens is 3. The van der Waals surface area contributed by atoms with Crippen LogP contribution in [0.25, 0.3) is 5.69 Å². The molecule has 0 unspecified atom stereocenters. The van der Waals surface area contributed by atoms with Crippen molar-refractivity contribution in [2.45, 2.75) is 26.2 Å². The monoisotopic (exact) mass is 230 g/mol. The SMILES string of the molecule is CC(C)c1nc(CCN)n(-c2ccccc2)n1. The Morgan fingerprint density at radius 3 is 2.53 bits per heavy atom. The fourth-order valence-corrected chi connectivity index (χ4v) is 1.67. The molecule has 0 saturated heterocycles. The van der Waals surface area contributed by atoms with E-state index >= 15 is 0 Å². The third kappa shape index (κ3) is 2.53. The van der Waals surface area contributed by atoms with Crippen LogP contribution in [0, 0.1) is 0 Å². The Hall–Kier alpha value is -1.68. The highest BCUT2D eigenvalue weighted by Crippen LogP contribution is 2.14. The van der Waals surface area contributed by atoms with Crippen LogP contribution in [0.3, 0.4) is 0 Å². The van der Waals surface area contributed by atoms with Crippen molar-refractivity contribution in [1.82, 2.24) is 14.8 Å². The second-order valence-electron chi connectivity index (χ2n) is 4.33. The van der Waals surface area contributed by atoms with Gasteiger partial charge in [0.1, 0.15) is 5.82 Å². The van der Waals surface area contributed by atoms with E-state index in [1.54, 1.807) is 0 Å². The molecule has 90 valence electrons. The lowest BCUT2D eigenvalue weighted by Crippen LogP contribution is -2.09. The summed E-state index contributed by atoms with van der Waals surface area (Å²) < 4.78 is 1.89. The van der Waals surface area contributed by atoms with Crippen LogP contribution in [-0.4, -0.2) is 21.3 Å². The topological polar surface area (TPSA) is 56.7 Å². The van der Waals surface area contributed by atoms with Gasteiger partial charge in [0.05, 0.1) is 5.69 Å². The first-order valence-electron chi connectivity index (χ1n) is 5.93. The molecule has 0 radical (unpaired) electrons. The minimum atomic E-state index is 0.330. The van der Waals surface area contributed by atoms with E-state index in [0.717, 1.165) is 23.8 Å². The second kappa shape index (κ2) is 5.10. The minimum Gasteiger partial charge on any atom is -0.330 e. The number of hydrogen-bond acceptors (Lipinski definition) is 3. The molecule has 0 aliphatic rings. The van der Waals surface area contributed by atoms with Gasteiger partial charge in [-0.15, -0.1) is 0 Å². The summed E-state index contributed by atoms with van der Waals surface area (Å²) in [5.41, 5.74) is 6.65. The van der Waals surface area contributed by atoms with Gasteiger partial charge in [0.15, 0.2) is 5.82 Å². The summed E-state index contributed by atoms with van der Waals surface area (Å²) in [6.07, 6.45) is 0.745. The summed E-state index contributed by atoms with van der Waals surface area (Å²) in [4.78, 5) is 4.55. The Kier molecular flexibility index (Phi) is 3.54. The van der Waals surface area contributed by atoms with Crippen LogP contribution in [0.15, 0.2) is 30.3 Å². The largest absolute Gasteiger partial charge is 0.330 e. The molecule has 0 aliphatic carbocycles. The van der Waals surface area contributed by atoms with E-state index in [1.807, 2.05) is 35.0 Å². The summed E-state index contributed by atoms with van der Waals surface area (Å²) in [6, 6.07) is 10.0. The lowest BCUT2D eigenvalue weighted by atomic mass is 10.2. The highest BCUT2D eigenvalue weighted by Gasteiger charge is 2.12. The van der Waals surface area contributed by atoms with E-state index in [2.05, 4.69) is 23.9 Å². The molecular weight excluding hydrogens is 212 g/mol. The van der Waals surface area contributed by atoms with Gasteiger partial charge in [-0.1, -0.05) is 32.0 Å². The molecule has 2 N–H and O–H groups in total. The molecule has 0 atom stereocenters. The van der Waals surface area contributed by atoms with Crippen molar-refractivity contribution >= 4 is 0 Å². The summed E-state index contributed by atoms with van der Waals surface area (Å²) in [5, 5.41) is 4.55. The number of nitrogens with zero attached hydrogens (tertiary/aromatic N) is 3. The van der Waals surface area contributed by atoms with Gasteiger partial charge >= 0.3 is 0 Å². The van der Waals surface area contributed by atoms with Gasteiger partial charge in [0, 0.05) is 12.3 Å². The van der Waals surface area contributed by atoms with E-state index in [4.69, 9.17) is 5.73 Å². The maximum absolute atomic E-state index is 5.61.